The quantitative estimate of drug-likeness (QED) is 0.603. The van der Waals surface area contributed by atoms with Crippen molar-refractivity contribution in [1.29, 1.82) is 0 Å². The molecule has 0 spiro atoms. The molecule has 24 heavy (non-hydrogen) atoms. The van der Waals surface area contributed by atoms with Crippen molar-refractivity contribution in [3.05, 3.63) is 50.7 Å². The Labute approximate surface area is 149 Å². The van der Waals surface area contributed by atoms with Crippen molar-refractivity contribution in [3.63, 3.8) is 0 Å². The van der Waals surface area contributed by atoms with Crippen molar-refractivity contribution in [2.45, 2.75) is 26.7 Å². The molecule has 0 unspecified atom stereocenters. The third-order valence-corrected chi connectivity index (χ3v) is 4.76. The van der Waals surface area contributed by atoms with E-state index in [4.69, 9.17) is 11.6 Å². The first-order chi connectivity index (χ1) is 11.5. The van der Waals surface area contributed by atoms with Crippen LogP contribution in [0.1, 0.15) is 28.8 Å². The van der Waals surface area contributed by atoms with Crippen molar-refractivity contribution >= 4 is 46.7 Å². The molecule has 2 amide bonds. The molecule has 0 atom stereocenters. The van der Waals surface area contributed by atoms with E-state index >= 15 is 0 Å². The highest BCUT2D eigenvalue weighted by Crippen LogP contribution is 2.23. The SMILES string of the molecule is Cc1ccsc1/C=N\NC(=O)CCC(=O)Nc1cccc(Cl)c1C. The van der Waals surface area contributed by atoms with Gasteiger partial charge in [0.2, 0.25) is 11.8 Å². The second-order valence-corrected chi connectivity index (χ2v) is 6.58. The molecule has 126 valence electrons. The van der Waals surface area contributed by atoms with Gasteiger partial charge < -0.3 is 5.32 Å². The van der Waals surface area contributed by atoms with Gasteiger partial charge in [0.05, 0.1) is 6.21 Å². The van der Waals surface area contributed by atoms with E-state index in [1.165, 1.54) is 0 Å². The minimum atomic E-state index is -0.307. The molecule has 0 radical (unpaired) electrons. The Morgan fingerprint density at radius 1 is 1.21 bits per heavy atom. The summed E-state index contributed by atoms with van der Waals surface area (Å²) in [5, 5.41) is 9.20. The van der Waals surface area contributed by atoms with Crippen LogP contribution in [-0.4, -0.2) is 18.0 Å². The number of thiophene rings is 1. The number of nitrogens with zero attached hydrogens (tertiary/aromatic N) is 1. The number of halogens is 1. The first-order valence-corrected chi connectivity index (χ1v) is 8.64. The molecule has 0 bridgehead atoms. The number of hydrazone groups is 1. The molecule has 7 heteroatoms. The highest BCUT2D eigenvalue weighted by molar-refractivity contribution is 7.11. The number of carbonyl (C=O) groups is 2. The van der Waals surface area contributed by atoms with Gasteiger partial charge in [-0.25, -0.2) is 5.43 Å². The average Bonchev–Trinajstić information content (AvgIpc) is 2.95. The van der Waals surface area contributed by atoms with Crippen LogP contribution in [0, 0.1) is 13.8 Å². The molecule has 2 rings (SSSR count). The lowest BCUT2D eigenvalue weighted by Gasteiger charge is -2.09. The number of hydrogen-bond donors (Lipinski definition) is 2. The highest BCUT2D eigenvalue weighted by atomic mass is 35.5. The second-order valence-electron chi connectivity index (χ2n) is 5.22. The van der Waals surface area contributed by atoms with Crippen LogP contribution in [0.2, 0.25) is 5.02 Å². The molecular formula is C17H18ClN3O2S. The molecule has 2 aromatic rings. The number of aryl methyl sites for hydroxylation is 1. The Kier molecular flexibility index (Phi) is 6.52. The van der Waals surface area contributed by atoms with E-state index in [9.17, 15) is 9.59 Å². The van der Waals surface area contributed by atoms with Gasteiger partial charge in [0.1, 0.15) is 0 Å². The zero-order valence-electron chi connectivity index (χ0n) is 13.4. The van der Waals surface area contributed by atoms with Crippen molar-refractivity contribution in [3.8, 4) is 0 Å². The van der Waals surface area contributed by atoms with E-state index in [1.807, 2.05) is 25.3 Å². The molecule has 0 aliphatic carbocycles. The largest absolute Gasteiger partial charge is 0.326 e. The fourth-order valence-electron chi connectivity index (χ4n) is 1.92. The first kappa shape index (κ1) is 18.2. The molecule has 0 aliphatic rings. The smallest absolute Gasteiger partial charge is 0.240 e. The van der Waals surface area contributed by atoms with E-state index in [0.717, 1.165) is 16.0 Å². The standard InChI is InChI=1S/C17H18ClN3O2S/c1-11-8-9-24-15(11)10-19-21-17(23)7-6-16(22)20-14-5-3-4-13(18)12(14)2/h3-5,8-10H,6-7H2,1-2H3,(H,20,22)(H,21,23)/b19-10-. The minimum Gasteiger partial charge on any atom is -0.326 e. The van der Waals surface area contributed by atoms with Crippen molar-refractivity contribution < 1.29 is 9.59 Å². The first-order valence-electron chi connectivity index (χ1n) is 7.38. The maximum Gasteiger partial charge on any atom is 0.240 e. The Morgan fingerprint density at radius 3 is 2.67 bits per heavy atom. The summed E-state index contributed by atoms with van der Waals surface area (Å²) in [6.07, 6.45) is 1.74. The lowest BCUT2D eigenvalue weighted by Crippen LogP contribution is -2.20. The summed E-state index contributed by atoms with van der Waals surface area (Å²) < 4.78 is 0. The van der Waals surface area contributed by atoms with E-state index in [-0.39, 0.29) is 24.7 Å². The molecule has 1 aromatic carbocycles. The summed E-state index contributed by atoms with van der Waals surface area (Å²) in [4.78, 5) is 24.6. The molecule has 5 nitrogen and oxygen atoms in total. The summed E-state index contributed by atoms with van der Waals surface area (Å²) >= 11 is 7.55. The van der Waals surface area contributed by atoms with Gasteiger partial charge >= 0.3 is 0 Å². The molecule has 1 aromatic heterocycles. The number of hydrogen-bond acceptors (Lipinski definition) is 4. The van der Waals surface area contributed by atoms with Gasteiger partial charge in [0.15, 0.2) is 0 Å². The number of amides is 2. The zero-order valence-corrected chi connectivity index (χ0v) is 15.0. The second kappa shape index (κ2) is 8.61. The fraction of sp³-hybridized carbons (Fsp3) is 0.235. The summed E-state index contributed by atoms with van der Waals surface area (Å²) in [7, 11) is 0. The van der Waals surface area contributed by atoms with Crippen molar-refractivity contribution in [2.75, 3.05) is 5.32 Å². The van der Waals surface area contributed by atoms with Crippen LogP contribution in [-0.2, 0) is 9.59 Å². The Hall–Kier alpha value is -2.18. The Morgan fingerprint density at radius 2 is 1.96 bits per heavy atom. The molecule has 0 aliphatic heterocycles. The number of benzene rings is 1. The molecule has 0 saturated carbocycles. The van der Waals surface area contributed by atoms with E-state index < -0.39 is 0 Å². The van der Waals surface area contributed by atoms with Crippen LogP contribution in [0.4, 0.5) is 5.69 Å². The molecule has 2 N–H and O–H groups in total. The van der Waals surface area contributed by atoms with Crippen molar-refractivity contribution in [2.24, 2.45) is 5.10 Å². The predicted molar refractivity (Wildman–Crippen MR) is 98.8 cm³/mol. The van der Waals surface area contributed by atoms with Gasteiger partial charge in [-0.3, -0.25) is 9.59 Å². The lowest BCUT2D eigenvalue weighted by molar-refractivity contribution is -0.124. The van der Waals surface area contributed by atoms with Crippen LogP contribution in [0.5, 0.6) is 0 Å². The lowest BCUT2D eigenvalue weighted by atomic mass is 10.2. The van der Waals surface area contributed by atoms with Crippen LogP contribution in [0.25, 0.3) is 0 Å². The fourth-order valence-corrected chi connectivity index (χ4v) is 2.88. The van der Waals surface area contributed by atoms with E-state index in [0.29, 0.717) is 10.7 Å². The van der Waals surface area contributed by atoms with Crippen LogP contribution < -0.4 is 10.7 Å². The van der Waals surface area contributed by atoms with E-state index in [2.05, 4.69) is 15.8 Å². The monoisotopic (exact) mass is 363 g/mol. The zero-order chi connectivity index (χ0) is 17.5. The van der Waals surface area contributed by atoms with Gasteiger partial charge in [0, 0.05) is 28.4 Å². The third kappa shape index (κ3) is 5.18. The molecule has 0 saturated heterocycles. The number of rotatable bonds is 6. The Bertz CT molecular complexity index is 771. The Balaban J connectivity index is 1.77. The van der Waals surface area contributed by atoms with Crippen LogP contribution in [0.15, 0.2) is 34.7 Å². The van der Waals surface area contributed by atoms with Crippen LogP contribution in [0.3, 0.4) is 0 Å². The number of nitrogens with one attached hydrogen (secondary N) is 2. The van der Waals surface area contributed by atoms with Gasteiger partial charge in [0.25, 0.3) is 0 Å². The van der Waals surface area contributed by atoms with Gasteiger partial charge in [-0.05, 0) is 48.6 Å². The van der Waals surface area contributed by atoms with Gasteiger partial charge in [-0.2, -0.15) is 5.10 Å². The van der Waals surface area contributed by atoms with Crippen molar-refractivity contribution in [1.82, 2.24) is 5.43 Å². The average molecular weight is 364 g/mol. The predicted octanol–water partition coefficient (Wildman–Crippen LogP) is 3.89. The maximum absolute atomic E-state index is 11.9. The summed E-state index contributed by atoms with van der Waals surface area (Å²) in [5.74, 6) is -0.549. The summed E-state index contributed by atoms with van der Waals surface area (Å²) in [5.41, 5.74) is 4.98. The minimum absolute atomic E-state index is 0.0617. The van der Waals surface area contributed by atoms with Gasteiger partial charge in [-0.15, -0.1) is 11.3 Å². The maximum atomic E-state index is 11.9. The van der Waals surface area contributed by atoms with Crippen LogP contribution >= 0.6 is 22.9 Å². The summed E-state index contributed by atoms with van der Waals surface area (Å²) in [6.45, 7) is 3.80. The number of anilines is 1. The topological polar surface area (TPSA) is 70.6 Å². The van der Waals surface area contributed by atoms with E-state index in [1.54, 1.807) is 35.8 Å². The number of carbonyl (C=O) groups excluding carboxylic acids is 2. The van der Waals surface area contributed by atoms with Gasteiger partial charge in [-0.1, -0.05) is 17.7 Å². The summed E-state index contributed by atoms with van der Waals surface area (Å²) in [6, 6.07) is 7.27. The molecule has 0 fully saturated rings. The highest BCUT2D eigenvalue weighted by Gasteiger charge is 2.09. The molecule has 1 heterocycles. The normalized spacial score (nSPS) is 10.8. The molecular weight excluding hydrogens is 346 g/mol. The third-order valence-electron chi connectivity index (χ3n) is 3.39.